The molecule has 2 rings (SSSR count). The molecular formula is C15H7F4NO2. The summed E-state index contributed by atoms with van der Waals surface area (Å²) in [5.41, 5.74) is -1.56. The van der Waals surface area contributed by atoms with Crippen LogP contribution in [0.3, 0.4) is 0 Å². The zero-order valence-corrected chi connectivity index (χ0v) is 10.8. The molecule has 0 saturated carbocycles. The fraction of sp³-hybridized carbons (Fsp3) is 0.0667. The molecule has 0 bridgehead atoms. The van der Waals surface area contributed by atoms with Crippen LogP contribution >= 0.6 is 0 Å². The number of carbonyl (C=O) groups excluding carboxylic acids is 1. The summed E-state index contributed by atoms with van der Waals surface area (Å²) in [5.74, 6) is -1.67. The van der Waals surface area contributed by atoms with E-state index in [9.17, 15) is 22.4 Å². The number of nitriles is 1. The lowest BCUT2D eigenvalue weighted by molar-refractivity contribution is -0.138. The van der Waals surface area contributed by atoms with E-state index < -0.39 is 23.3 Å². The Hall–Kier alpha value is -2.88. The SMILES string of the molecule is N#Cc1ccc(Oc2ccc(C=O)cc2C(F)(F)F)cc1F. The zero-order chi connectivity index (χ0) is 16.3. The zero-order valence-electron chi connectivity index (χ0n) is 10.8. The predicted molar refractivity (Wildman–Crippen MR) is 68.0 cm³/mol. The van der Waals surface area contributed by atoms with Gasteiger partial charge in [-0.2, -0.15) is 18.4 Å². The Morgan fingerprint density at radius 3 is 2.41 bits per heavy atom. The molecule has 0 fully saturated rings. The highest BCUT2D eigenvalue weighted by Gasteiger charge is 2.35. The van der Waals surface area contributed by atoms with Crippen LogP contribution in [0.4, 0.5) is 17.6 Å². The van der Waals surface area contributed by atoms with Gasteiger partial charge in [-0.15, -0.1) is 0 Å². The lowest BCUT2D eigenvalue weighted by Crippen LogP contribution is -2.08. The molecule has 7 heteroatoms. The van der Waals surface area contributed by atoms with Crippen molar-refractivity contribution in [2.45, 2.75) is 6.18 Å². The van der Waals surface area contributed by atoms with E-state index in [0.717, 1.165) is 24.3 Å². The van der Waals surface area contributed by atoms with Crippen molar-refractivity contribution in [2.75, 3.05) is 0 Å². The minimum Gasteiger partial charge on any atom is -0.457 e. The molecule has 0 heterocycles. The van der Waals surface area contributed by atoms with E-state index in [1.165, 1.54) is 6.07 Å². The van der Waals surface area contributed by atoms with E-state index in [4.69, 9.17) is 10.00 Å². The fourth-order valence-electron chi connectivity index (χ4n) is 1.71. The summed E-state index contributed by atoms with van der Waals surface area (Å²) in [6, 6.07) is 7.44. The van der Waals surface area contributed by atoms with E-state index in [0.29, 0.717) is 6.07 Å². The van der Waals surface area contributed by atoms with Gasteiger partial charge >= 0.3 is 6.18 Å². The Bertz CT molecular complexity index is 763. The van der Waals surface area contributed by atoms with Crippen molar-refractivity contribution in [3.63, 3.8) is 0 Å². The number of nitrogens with zero attached hydrogens (tertiary/aromatic N) is 1. The minimum absolute atomic E-state index is 0.161. The number of ether oxygens (including phenoxy) is 1. The molecule has 0 spiro atoms. The van der Waals surface area contributed by atoms with Crippen molar-refractivity contribution in [3.05, 3.63) is 58.9 Å². The maximum atomic E-state index is 13.4. The molecule has 0 aromatic heterocycles. The molecule has 0 amide bonds. The number of carbonyl (C=O) groups is 1. The normalized spacial score (nSPS) is 10.9. The highest BCUT2D eigenvalue weighted by atomic mass is 19.4. The fourth-order valence-corrected chi connectivity index (χ4v) is 1.71. The van der Waals surface area contributed by atoms with Crippen LogP contribution in [-0.4, -0.2) is 6.29 Å². The standard InChI is InChI=1S/C15H7F4NO2/c16-13-6-11(3-2-10(13)7-20)22-14-4-1-9(8-21)5-12(14)15(17,18)19/h1-6,8H. The minimum atomic E-state index is -4.74. The second-order valence-electron chi connectivity index (χ2n) is 4.23. The van der Waals surface area contributed by atoms with Crippen LogP contribution in [0.5, 0.6) is 11.5 Å². The number of rotatable bonds is 3. The Kier molecular flexibility index (Phi) is 4.13. The topological polar surface area (TPSA) is 50.1 Å². The molecule has 0 atom stereocenters. The van der Waals surface area contributed by atoms with E-state index in [2.05, 4.69) is 0 Å². The molecule has 0 aliphatic rings. The van der Waals surface area contributed by atoms with E-state index >= 15 is 0 Å². The third kappa shape index (κ3) is 3.23. The average molecular weight is 309 g/mol. The summed E-state index contributed by atoms with van der Waals surface area (Å²) in [6.07, 6.45) is -4.46. The van der Waals surface area contributed by atoms with E-state index in [1.54, 1.807) is 6.07 Å². The van der Waals surface area contributed by atoms with E-state index in [1.807, 2.05) is 0 Å². The highest BCUT2D eigenvalue weighted by Crippen LogP contribution is 2.38. The lowest BCUT2D eigenvalue weighted by atomic mass is 10.1. The maximum Gasteiger partial charge on any atom is 0.420 e. The number of hydrogen-bond acceptors (Lipinski definition) is 3. The first kappa shape index (κ1) is 15.5. The van der Waals surface area contributed by atoms with Crippen molar-refractivity contribution < 1.29 is 27.1 Å². The molecule has 22 heavy (non-hydrogen) atoms. The summed E-state index contributed by atoms with van der Waals surface area (Å²) in [5, 5.41) is 8.59. The summed E-state index contributed by atoms with van der Waals surface area (Å²) in [7, 11) is 0. The number of hydrogen-bond donors (Lipinski definition) is 0. The summed E-state index contributed by atoms with van der Waals surface area (Å²) in [6.45, 7) is 0. The second-order valence-corrected chi connectivity index (χ2v) is 4.23. The third-order valence-electron chi connectivity index (χ3n) is 2.73. The molecule has 0 aliphatic heterocycles. The molecular weight excluding hydrogens is 302 g/mol. The van der Waals surface area contributed by atoms with Crippen LogP contribution in [0.15, 0.2) is 36.4 Å². The van der Waals surface area contributed by atoms with Crippen molar-refractivity contribution in [3.8, 4) is 17.6 Å². The van der Waals surface area contributed by atoms with Gasteiger partial charge in [0.05, 0.1) is 11.1 Å². The smallest absolute Gasteiger partial charge is 0.420 e. The monoisotopic (exact) mass is 309 g/mol. The summed E-state index contributed by atoms with van der Waals surface area (Å²) in [4.78, 5) is 10.6. The highest BCUT2D eigenvalue weighted by molar-refractivity contribution is 5.75. The van der Waals surface area contributed by atoms with Crippen molar-refractivity contribution in [1.82, 2.24) is 0 Å². The summed E-state index contributed by atoms with van der Waals surface area (Å²) < 4.78 is 57.3. The Labute approximate surface area is 122 Å². The third-order valence-corrected chi connectivity index (χ3v) is 2.73. The van der Waals surface area contributed by atoms with Gasteiger partial charge in [-0.05, 0) is 30.3 Å². The maximum absolute atomic E-state index is 13.4. The molecule has 3 nitrogen and oxygen atoms in total. The van der Waals surface area contributed by atoms with Gasteiger partial charge in [-0.1, -0.05) is 0 Å². The first-order valence-electron chi connectivity index (χ1n) is 5.89. The largest absolute Gasteiger partial charge is 0.457 e. The second kappa shape index (κ2) is 5.85. The van der Waals surface area contributed by atoms with Crippen LogP contribution in [0.25, 0.3) is 0 Å². The molecule has 112 valence electrons. The van der Waals surface area contributed by atoms with Gasteiger partial charge in [-0.3, -0.25) is 4.79 Å². The molecule has 0 radical (unpaired) electrons. The van der Waals surface area contributed by atoms with Crippen molar-refractivity contribution in [1.29, 1.82) is 5.26 Å². The Morgan fingerprint density at radius 2 is 1.86 bits per heavy atom. The molecule has 2 aromatic carbocycles. The average Bonchev–Trinajstić information content (AvgIpc) is 2.47. The van der Waals surface area contributed by atoms with Gasteiger partial charge in [0.15, 0.2) is 0 Å². The van der Waals surface area contributed by atoms with Crippen molar-refractivity contribution >= 4 is 6.29 Å². The van der Waals surface area contributed by atoms with Gasteiger partial charge in [0, 0.05) is 11.6 Å². The first-order chi connectivity index (χ1) is 10.3. The van der Waals surface area contributed by atoms with Crippen LogP contribution in [0.2, 0.25) is 0 Å². The van der Waals surface area contributed by atoms with Gasteiger partial charge in [0.1, 0.15) is 29.7 Å². The van der Waals surface area contributed by atoms with Crippen molar-refractivity contribution in [2.24, 2.45) is 0 Å². The van der Waals surface area contributed by atoms with Gasteiger partial charge < -0.3 is 4.74 Å². The number of alkyl halides is 3. The van der Waals surface area contributed by atoms with E-state index in [-0.39, 0.29) is 23.2 Å². The molecule has 0 N–H and O–H groups in total. The summed E-state index contributed by atoms with van der Waals surface area (Å²) >= 11 is 0. The van der Waals surface area contributed by atoms with Gasteiger partial charge in [0.2, 0.25) is 0 Å². The number of halogens is 4. The van der Waals surface area contributed by atoms with Gasteiger partial charge in [0.25, 0.3) is 0 Å². The predicted octanol–water partition coefficient (Wildman–Crippen LogP) is 4.32. The van der Waals surface area contributed by atoms with Gasteiger partial charge in [-0.25, -0.2) is 4.39 Å². The molecule has 0 saturated heterocycles. The van der Waals surface area contributed by atoms with Crippen LogP contribution in [0.1, 0.15) is 21.5 Å². The van der Waals surface area contributed by atoms with Crippen LogP contribution < -0.4 is 4.74 Å². The lowest BCUT2D eigenvalue weighted by Gasteiger charge is -2.14. The number of benzene rings is 2. The quantitative estimate of drug-likeness (QED) is 0.626. The van der Waals surface area contributed by atoms with Crippen LogP contribution in [-0.2, 0) is 6.18 Å². The molecule has 2 aromatic rings. The number of aldehydes is 1. The Balaban J connectivity index is 2.43. The molecule has 0 unspecified atom stereocenters. The van der Waals surface area contributed by atoms with Crippen LogP contribution in [0, 0.1) is 17.1 Å². The Morgan fingerprint density at radius 1 is 1.14 bits per heavy atom. The first-order valence-corrected chi connectivity index (χ1v) is 5.89. The molecule has 0 aliphatic carbocycles.